The molecule has 2 aromatic carbocycles. The molecule has 1 N–H and O–H groups in total. The zero-order valence-corrected chi connectivity index (χ0v) is 15.3. The molecule has 2 unspecified atom stereocenters. The third-order valence-corrected chi connectivity index (χ3v) is 4.89. The molecule has 0 aliphatic carbocycles. The van der Waals surface area contributed by atoms with Crippen LogP contribution in [0.2, 0.25) is 0 Å². The number of hydrogen-bond donors (Lipinski definition) is 1. The SMILES string of the molecule is CCCC(C(=O)NC1CCOc2c(C)cc(C)cc21)c1ccccc1. The van der Waals surface area contributed by atoms with Crippen LogP contribution >= 0.6 is 0 Å². The van der Waals surface area contributed by atoms with Crippen molar-refractivity contribution in [2.24, 2.45) is 0 Å². The first-order valence-electron chi connectivity index (χ1n) is 9.19. The molecule has 3 nitrogen and oxygen atoms in total. The number of carbonyl (C=O) groups excluding carboxylic acids is 1. The van der Waals surface area contributed by atoms with Gasteiger partial charge in [0.05, 0.1) is 18.6 Å². The number of nitrogens with one attached hydrogen (secondary N) is 1. The monoisotopic (exact) mass is 337 g/mol. The van der Waals surface area contributed by atoms with Crippen molar-refractivity contribution < 1.29 is 9.53 Å². The number of hydrogen-bond acceptors (Lipinski definition) is 2. The Morgan fingerprint density at radius 1 is 1.24 bits per heavy atom. The highest BCUT2D eigenvalue weighted by molar-refractivity contribution is 5.84. The summed E-state index contributed by atoms with van der Waals surface area (Å²) in [5.74, 6) is 0.961. The Hall–Kier alpha value is -2.29. The van der Waals surface area contributed by atoms with Gasteiger partial charge in [0.25, 0.3) is 0 Å². The molecular weight excluding hydrogens is 310 g/mol. The van der Waals surface area contributed by atoms with E-state index in [0.717, 1.165) is 41.7 Å². The van der Waals surface area contributed by atoms with E-state index in [1.54, 1.807) is 0 Å². The van der Waals surface area contributed by atoms with Gasteiger partial charge in [0.2, 0.25) is 5.91 Å². The van der Waals surface area contributed by atoms with Crippen LogP contribution in [0.25, 0.3) is 0 Å². The average molecular weight is 337 g/mol. The van der Waals surface area contributed by atoms with Crippen LogP contribution in [0.5, 0.6) is 5.75 Å². The van der Waals surface area contributed by atoms with E-state index in [1.165, 1.54) is 5.56 Å². The quantitative estimate of drug-likeness (QED) is 0.849. The summed E-state index contributed by atoms with van der Waals surface area (Å²) in [6.45, 7) is 6.93. The zero-order chi connectivity index (χ0) is 17.8. The highest BCUT2D eigenvalue weighted by Crippen LogP contribution is 2.36. The largest absolute Gasteiger partial charge is 0.493 e. The van der Waals surface area contributed by atoms with Gasteiger partial charge in [-0.05, 0) is 31.4 Å². The van der Waals surface area contributed by atoms with Crippen molar-refractivity contribution >= 4 is 5.91 Å². The fourth-order valence-corrected chi connectivity index (χ4v) is 3.72. The van der Waals surface area contributed by atoms with Gasteiger partial charge in [-0.25, -0.2) is 0 Å². The van der Waals surface area contributed by atoms with E-state index in [4.69, 9.17) is 4.74 Å². The molecule has 0 saturated heterocycles. The van der Waals surface area contributed by atoms with Gasteiger partial charge in [0.1, 0.15) is 5.75 Å². The van der Waals surface area contributed by atoms with Crippen LogP contribution in [0, 0.1) is 13.8 Å². The molecule has 1 aliphatic heterocycles. The lowest BCUT2D eigenvalue weighted by Gasteiger charge is -2.30. The minimum Gasteiger partial charge on any atom is -0.493 e. The molecular formula is C22H27NO2. The Bertz CT molecular complexity index is 739. The first-order valence-corrected chi connectivity index (χ1v) is 9.19. The van der Waals surface area contributed by atoms with E-state index in [1.807, 2.05) is 30.3 Å². The molecule has 0 fully saturated rings. The van der Waals surface area contributed by atoms with Gasteiger partial charge in [0.15, 0.2) is 0 Å². The third-order valence-electron chi connectivity index (χ3n) is 4.89. The van der Waals surface area contributed by atoms with Crippen molar-refractivity contribution in [1.82, 2.24) is 5.32 Å². The van der Waals surface area contributed by atoms with Crippen molar-refractivity contribution in [1.29, 1.82) is 0 Å². The Morgan fingerprint density at radius 2 is 2.00 bits per heavy atom. The summed E-state index contributed by atoms with van der Waals surface area (Å²) in [5, 5.41) is 3.29. The normalized spacial score (nSPS) is 17.3. The molecule has 0 bridgehead atoms. The average Bonchev–Trinajstić information content (AvgIpc) is 2.61. The van der Waals surface area contributed by atoms with Crippen molar-refractivity contribution in [3.63, 3.8) is 0 Å². The lowest BCUT2D eigenvalue weighted by atomic mass is 9.91. The number of carbonyl (C=O) groups is 1. The smallest absolute Gasteiger partial charge is 0.228 e. The molecule has 132 valence electrons. The van der Waals surface area contributed by atoms with Crippen LogP contribution in [0.4, 0.5) is 0 Å². The minimum absolute atomic E-state index is 0.0259. The van der Waals surface area contributed by atoms with E-state index >= 15 is 0 Å². The van der Waals surface area contributed by atoms with Crippen LogP contribution < -0.4 is 10.1 Å². The second kappa shape index (κ2) is 7.73. The van der Waals surface area contributed by atoms with Gasteiger partial charge < -0.3 is 10.1 Å². The van der Waals surface area contributed by atoms with E-state index in [9.17, 15) is 4.79 Å². The van der Waals surface area contributed by atoms with Crippen LogP contribution in [0.15, 0.2) is 42.5 Å². The molecule has 2 atom stereocenters. The van der Waals surface area contributed by atoms with Gasteiger partial charge in [-0.15, -0.1) is 0 Å². The van der Waals surface area contributed by atoms with Crippen molar-refractivity contribution in [3.05, 3.63) is 64.7 Å². The topological polar surface area (TPSA) is 38.3 Å². The van der Waals surface area contributed by atoms with Crippen molar-refractivity contribution in [3.8, 4) is 5.75 Å². The van der Waals surface area contributed by atoms with E-state index in [0.29, 0.717) is 6.61 Å². The Kier molecular flexibility index (Phi) is 5.42. The Morgan fingerprint density at radius 3 is 2.72 bits per heavy atom. The van der Waals surface area contributed by atoms with Gasteiger partial charge in [-0.1, -0.05) is 61.4 Å². The van der Waals surface area contributed by atoms with Crippen LogP contribution in [0.1, 0.15) is 60.4 Å². The Balaban J connectivity index is 1.84. The van der Waals surface area contributed by atoms with Crippen LogP contribution in [-0.2, 0) is 4.79 Å². The fourth-order valence-electron chi connectivity index (χ4n) is 3.72. The molecule has 25 heavy (non-hydrogen) atoms. The summed E-state index contributed by atoms with van der Waals surface area (Å²) in [7, 11) is 0. The number of aryl methyl sites for hydroxylation is 2. The second-order valence-corrected chi connectivity index (χ2v) is 6.95. The first-order chi connectivity index (χ1) is 12.1. The van der Waals surface area contributed by atoms with Gasteiger partial charge in [0, 0.05) is 12.0 Å². The molecule has 1 heterocycles. The summed E-state index contributed by atoms with van der Waals surface area (Å²) in [6.07, 6.45) is 2.66. The van der Waals surface area contributed by atoms with Gasteiger partial charge in [-0.2, -0.15) is 0 Å². The number of benzene rings is 2. The summed E-state index contributed by atoms with van der Waals surface area (Å²) >= 11 is 0. The maximum absolute atomic E-state index is 13.0. The standard InChI is InChI=1S/C22H27NO2/c1-4-8-18(17-9-6-5-7-10-17)22(24)23-20-11-12-25-21-16(3)13-15(2)14-19(20)21/h5-7,9-10,13-14,18,20H,4,8,11-12H2,1-3H3,(H,23,24). The summed E-state index contributed by atoms with van der Waals surface area (Å²) < 4.78 is 5.86. The van der Waals surface area contributed by atoms with E-state index < -0.39 is 0 Å². The lowest BCUT2D eigenvalue weighted by Crippen LogP contribution is -2.35. The minimum atomic E-state index is -0.0941. The maximum atomic E-state index is 13.0. The first kappa shape index (κ1) is 17.5. The number of rotatable bonds is 5. The predicted molar refractivity (Wildman–Crippen MR) is 101 cm³/mol. The molecule has 0 spiro atoms. The van der Waals surface area contributed by atoms with E-state index in [2.05, 4.69) is 38.2 Å². The van der Waals surface area contributed by atoms with Crippen molar-refractivity contribution in [2.75, 3.05) is 6.61 Å². The molecule has 1 aliphatic rings. The van der Waals surface area contributed by atoms with Crippen LogP contribution in [0.3, 0.4) is 0 Å². The summed E-state index contributed by atoms with van der Waals surface area (Å²) in [5.41, 5.74) is 4.55. The predicted octanol–water partition coefficient (Wildman–Crippen LogP) is 4.83. The molecule has 0 radical (unpaired) electrons. The maximum Gasteiger partial charge on any atom is 0.228 e. The molecule has 3 rings (SSSR count). The molecule has 2 aromatic rings. The summed E-state index contributed by atoms with van der Waals surface area (Å²) in [4.78, 5) is 13.0. The van der Waals surface area contributed by atoms with Gasteiger partial charge in [-0.3, -0.25) is 4.79 Å². The number of ether oxygens (including phenoxy) is 1. The number of amides is 1. The highest BCUT2D eigenvalue weighted by atomic mass is 16.5. The second-order valence-electron chi connectivity index (χ2n) is 6.95. The van der Waals surface area contributed by atoms with E-state index in [-0.39, 0.29) is 17.9 Å². The van der Waals surface area contributed by atoms with Gasteiger partial charge >= 0.3 is 0 Å². The molecule has 3 heteroatoms. The lowest BCUT2D eigenvalue weighted by molar-refractivity contribution is -0.123. The fraction of sp³-hybridized carbons (Fsp3) is 0.409. The molecule has 0 saturated carbocycles. The number of fused-ring (bicyclic) bond motifs is 1. The molecule has 1 amide bonds. The summed E-state index contributed by atoms with van der Waals surface area (Å²) in [6, 6.07) is 14.4. The molecule has 0 aromatic heterocycles. The zero-order valence-electron chi connectivity index (χ0n) is 15.3. The Labute approximate surface area is 150 Å². The van der Waals surface area contributed by atoms with Crippen LogP contribution in [-0.4, -0.2) is 12.5 Å². The van der Waals surface area contributed by atoms with Crippen molar-refractivity contribution in [2.45, 2.75) is 52.0 Å². The third kappa shape index (κ3) is 3.87. The highest BCUT2D eigenvalue weighted by Gasteiger charge is 2.28.